The van der Waals surface area contributed by atoms with E-state index in [1.165, 1.54) is 13.2 Å². The standard InChI is InChI=1S/C16H18N4O6/c1-25-7-8-26-13-9-12(14(20(23)24)15(17)18-13)19(16(21)22)10-11-5-3-2-4-6-11/h2-6,9H,7-8,10H2,1H3,(H2,17,18)(H,21,22). The van der Waals surface area contributed by atoms with Gasteiger partial charge in [0.2, 0.25) is 11.7 Å². The molecule has 10 heteroatoms. The first-order chi connectivity index (χ1) is 12.4. The highest BCUT2D eigenvalue weighted by molar-refractivity contribution is 5.91. The van der Waals surface area contributed by atoms with Crippen molar-refractivity contribution in [3.63, 3.8) is 0 Å². The van der Waals surface area contributed by atoms with Crippen LogP contribution in [0.2, 0.25) is 0 Å². The maximum atomic E-state index is 11.7. The number of rotatable bonds is 8. The number of nitrogens with zero attached hydrogens (tertiary/aromatic N) is 3. The predicted molar refractivity (Wildman–Crippen MR) is 93.3 cm³/mol. The Morgan fingerprint density at radius 1 is 1.35 bits per heavy atom. The molecule has 3 N–H and O–H groups in total. The molecule has 1 amide bonds. The molecule has 0 fully saturated rings. The summed E-state index contributed by atoms with van der Waals surface area (Å²) < 4.78 is 10.2. The van der Waals surface area contributed by atoms with Crippen LogP contribution in [0.25, 0.3) is 0 Å². The van der Waals surface area contributed by atoms with Crippen LogP contribution >= 0.6 is 0 Å². The summed E-state index contributed by atoms with van der Waals surface area (Å²) in [6.45, 7) is 0.296. The quantitative estimate of drug-likeness (QED) is 0.414. The van der Waals surface area contributed by atoms with Crippen molar-refractivity contribution >= 4 is 23.3 Å². The summed E-state index contributed by atoms with van der Waals surface area (Å²) in [5.41, 5.74) is 5.52. The van der Waals surface area contributed by atoms with E-state index >= 15 is 0 Å². The lowest BCUT2D eigenvalue weighted by molar-refractivity contribution is -0.383. The highest BCUT2D eigenvalue weighted by Gasteiger charge is 2.29. The van der Waals surface area contributed by atoms with Crippen LogP contribution in [0.5, 0.6) is 5.88 Å². The number of aromatic nitrogens is 1. The number of anilines is 2. The number of ether oxygens (including phenoxy) is 2. The fourth-order valence-electron chi connectivity index (χ4n) is 2.24. The van der Waals surface area contributed by atoms with Gasteiger partial charge in [0, 0.05) is 13.2 Å². The molecule has 0 saturated carbocycles. The summed E-state index contributed by atoms with van der Waals surface area (Å²) in [6.07, 6.45) is -1.37. The van der Waals surface area contributed by atoms with Crippen LogP contribution in [0.15, 0.2) is 36.4 Å². The van der Waals surface area contributed by atoms with Gasteiger partial charge in [-0.25, -0.2) is 4.79 Å². The number of nitrogen functional groups attached to an aromatic ring is 1. The molecular weight excluding hydrogens is 344 g/mol. The average molecular weight is 362 g/mol. The van der Waals surface area contributed by atoms with Crippen LogP contribution in [0, 0.1) is 10.1 Å². The van der Waals surface area contributed by atoms with Crippen LogP contribution in [0.4, 0.5) is 22.0 Å². The van der Waals surface area contributed by atoms with Gasteiger partial charge in [-0.05, 0) is 5.56 Å². The van der Waals surface area contributed by atoms with E-state index in [1.807, 2.05) is 0 Å². The molecular formula is C16H18N4O6. The Morgan fingerprint density at radius 3 is 2.62 bits per heavy atom. The Kier molecular flexibility index (Phi) is 6.28. The van der Waals surface area contributed by atoms with Gasteiger partial charge in [-0.2, -0.15) is 4.98 Å². The zero-order valence-electron chi connectivity index (χ0n) is 14.0. The van der Waals surface area contributed by atoms with Gasteiger partial charge in [0.15, 0.2) is 0 Å². The monoisotopic (exact) mass is 362 g/mol. The second-order valence-corrected chi connectivity index (χ2v) is 5.17. The number of carboxylic acid groups (broad SMARTS) is 1. The first-order valence-electron chi connectivity index (χ1n) is 7.55. The third-order valence-corrected chi connectivity index (χ3v) is 3.40. The Balaban J connectivity index is 2.46. The molecule has 2 aromatic rings. The molecule has 0 aliphatic heterocycles. The van der Waals surface area contributed by atoms with Crippen LogP contribution in [0.1, 0.15) is 5.56 Å². The third-order valence-electron chi connectivity index (χ3n) is 3.40. The third kappa shape index (κ3) is 4.57. The summed E-state index contributed by atoms with van der Waals surface area (Å²) in [4.78, 5) is 27.0. The smallest absolute Gasteiger partial charge is 0.412 e. The number of amides is 1. The first-order valence-corrected chi connectivity index (χ1v) is 7.55. The van der Waals surface area contributed by atoms with Crippen LogP contribution in [0.3, 0.4) is 0 Å². The number of hydrogen-bond donors (Lipinski definition) is 2. The fraction of sp³-hybridized carbons (Fsp3) is 0.250. The van der Waals surface area contributed by atoms with Gasteiger partial charge in [-0.15, -0.1) is 0 Å². The molecule has 0 aliphatic carbocycles. The van der Waals surface area contributed by atoms with Crippen molar-refractivity contribution < 1.29 is 24.3 Å². The second-order valence-electron chi connectivity index (χ2n) is 5.17. The minimum Gasteiger partial charge on any atom is -0.475 e. The van der Waals surface area contributed by atoms with Crippen LogP contribution in [-0.2, 0) is 11.3 Å². The molecule has 1 aromatic carbocycles. The normalized spacial score (nSPS) is 10.3. The van der Waals surface area contributed by atoms with E-state index < -0.39 is 22.5 Å². The summed E-state index contributed by atoms with van der Waals surface area (Å²) in [7, 11) is 1.48. The number of benzene rings is 1. The molecule has 0 bridgehead atoms. The topological polar surface area (TPSA) is 141 Å². The van der Waals surface area contributed by atoms with Crippen molar-refractivity contribution in [2.75, 3.05) is 31.0 Å². The van der Waals surface area contributed by atoms with Gasteiger partial charge in [0.1, 0.15) is 12.3 Å². The van der Waals surface area contributed by atoms with E-state index in [2.05, 4.69) is 4.98 Å². The maximum absolute atomic E-state index is 11.7. The highest BCUT2D eigenvalue weighted by atomic mass is 16.6. The summed E-state index contributed by atoms with van der Waals surface area (Å²) in [5.74, 6) is -0.460. The number of hydrogen-bond acceptors (Lipinski definition) is 7. The molecule has 0 saturated heterocycles. The molecule has 26 heavy (non-hydrogen) atoms. The van der Waals surface area contributed by atoms with Gasteiger partial charge < -0.3 is 20.3 Å². The van der Waals surface area contributed by atoms with Gasteiger partial charge >= 0.3 is 11.8 Å². The van der Waals surface area contributed by atoms with E-state index in [4.69, 9.17) is 15.2 Å². The van der Waals surface area contributed by atoms with Crippen LogP contribution in [-0.4, -0.2) is 41.4 Å². The van der Waals surface area contributed by atoms with Gasteiger partial charge in [0.25, 0.3) is 0 Å². The predicted octanol–water partition coefficient (Wildman–Crippen LogP) is 2.28. The van der Waals surface area contributed by atoms with Crippen molar-refractivity contribution in [2.24, 2.45) is 0 Å². The molecule has 1 heterocycles. The largest absolute Gasteiger partial charge is 0.475 e. The number of nitrogens with two attached hydrogens (primary N) is 1. The van der Waals surface area contributed by atoms with Gasteiger partial charge in [-0.1, -0.05) is 30.3 Å². The lowest BCUT2D eigenvalue weighted by Crippen LogP contribution is -2.29. The number of pyridine rings is 1. The van der Waals surface area contributed by atoms with E-state index in [9.17, 15) is 20.0 Å². The molecule has 0 unspecified atom stereocenters. The molecule has 0 atom stereocenters. The summed E-state index contributed by atoms with van der Waals surface area (Å²) in [6, 6.07) is 9.86. The molecule has 1 aromatic heterocycles. The zero-order valence-corrected chi connectivity index (χ0v) is 14.0. The summed E-state index contributed by atoms with van der Waals surface area (Å²) in [5, 5.41) is 21.0. The summed E-state index contributed by atoms with van der Waals surface area (Å²) >= 11 is 0. The van der Waals surface area contributed by atoms with Gasteiger partial charge in [-0.3, -0.25) is 15.0 Å². The van der Waals surface area contributed by atoms with Crippen molar-refractivity contribution in [3.05, 3.63) is 52.1 Å². The molecule has 0 radical (unpaired) electrons. The number of methoxy groups -OCH3 is 1. The second kappa shape index (κ2) is 8.62. The minimum atomic E-state index is -1.37. The Labute approximate surface area is 148 Å². The molecule has 0 spiro atoms. The van der Waals surface area contributed by atoms with Crippen LogP contribution < -0.4 is 15.4 Å². The zero-order chi connectivity index (χ0) is 19.1. The Hall–Kier alpha value is -3.40. The lowest BCUT2D eigenvalue weighted by atomic mass is 10.2. The molecule has 138 valence electrons. The van der Waals surface area contributed by atoms with Crippen molar-refractivity contribution in [1.29, 1.82) is 0 Å². The SMILES string of the molecule is COCCOc1cc(N(Cc2ccccc2)C(=O)O)c([N+](=O)[O-])c(N)n1. The van der Waals surface area contributed by atoms with E-state index in [1.54, 1.807) is 30.3 Å². The first kappa shape index (κ1) is 18.9. The minimum absolute atomic E-state index is 0.0283. The number of carbonyl (C=O) groups is 1. The maximum Gasteiger partial charge on any atom is 0.412 e. The number of nitro groups is 1. The Bertz CT molecular complexity index is 784. The highest BCUT2D eigenvalue weighted by Crippen LogP contribution is 2.36. The van der Waals surface area contributed by atoms with Crippen molar-refractivity contribution in [1.82, 2.24) is 4.98 Å². The van der Waals surface area contributed by atoms with E-state index in [-0.39, 0.29) is 31.3 Å². The van der Waals surface area contributed by atoms with E-state index in [0.717, 1.165) is 4.90 Å². The van der Waals surface area contributed by atoms with Gasteiger partial charge in [0.05, 0.1) is 18.1 Å². The van der Waals surface area contributed by atoms with Crippen molar-refractivity contribution in [3.8, 4) is 5.88 Å². The fourth-order valence-corrected chi connectivity index (χ4v) is 2.24. The Morgan fingerprint density at radius 2 is 2.04 bits per heavy atom. The van der Waals surface area contributed by atoms with E-state index in [0.29, 0.717) is 5.56 Å². The average Bonchev–Trinajstić information content (AvgIpc) is 2.59. The lowest BCUT2D eigenvalue weighted by Gasteiger charge is -2.20. The molecule has 10 nitrogen and oxygen atoms in total. The molecule has 0 aliphatic rings. The molecule has 2 rings (SSSR count). The van der Waals surface area contributed by atoms with Crippen molar-refractivity contribution in [2.45, 2.75) is 6.54 Å².